The van der Waals surface area contributed by atoms with E-state index in [2.05, 4.69) is 5.32 Å². The van der Waals surface area contributed by atoms with Crippen LogP contribution in [-0.2, 0) is 5.92 Å². The molecular formula is C14H19F2NO. The van der Waals surface area contributed by atoms with Gasteiger partial charge in [0.15, 0.2) is 0 Å². The molecule has 100 valence electrons. The summed E-state index contributed by atoms with van der Waals surface area (Å²) < 4.78 is 32.5. The van der Waals surface area contributed by atoms with Crippen molar-refractivity contribution in [1.29, 1.82) is 0 Å². The van der Waals surface area contributed by atoms with Crippen LogP contribution in [0.4, 0.5) is 8.78 Å². The topological polar surface area (TPSA) is 21.3 Å². The summed E-state index contributed by atoms with van der Waals surface area (Å²) in [7, 11) is 1.46. The molecule has 0 radical (unpaired) electrons. The van der Waals surface area contributed by atoms with Crippen LogP contribution in [0.15, 0.2) is 12.1 Å². The second kappa shape index (κ2) is 4.84. The Kier molecular flexibility index (Phi) is 3.57. The van der Waals surface area contributed by atoms with Gasteiger partial charge in [-0.1, -0.05) is 6.07 Å². The van der Waals surface area contributed by atoms with E-state index in [9.17, 15) is 8.78 Å². The molecule has 2 rings (SSSR count). The van der Waals surface area contributed by atoms with Crippen LogP contribution in [0.2, 0.25) is 0 Å². The first-order chi connectivity index (χ1) is 8.45. The fourth-order valence-corrected chi connectivity index (χ4v) is 2.63. The van der Waals surface area contributed by atoms with Gasteiger partial charge in [0.25, 0.3) is 5.92 Å². The van der Waals surface area contributed by atoms with E-state index in [0.29, 0.717) is 5.75 Å². The maximum Gasteiger partial charge on any atom is 0.274 e. The van der Waals surface area contributed by atoms with Gasteiger partial charge in [0.2, 0.25) is 0 Å². The van der Waals surface area contributed by atoms with Crippen molar-refractivity contribution in [3.8, 4) is 5.75 Å². The molecule has 0 aliphatic carbocycles. The highest BCUT2D eigenvalue weighted by Crippen LogP contribution is 2.42. The minimum absolute atomic E-state index is 0.0284. The van der Waals surface area contributed by atoms with E-state index in [0.717, 1.165) is 37.4 Å². The van der Waals surface area contributed by atoms with E-state index in [-0.39, 0.29) is 11.6 Å². The van der Waals surface area contributed by atoms with Crippen LogP contribution >= 0.6 is 0 Å². The van der Waals surface area contributed by atoms with Crippen LogP contribution in [0.5, 0.6) is 5.75 Å². The molecule has 1 unspecified atom stereocenters. The van der Waals surface area contributed by atoms with Crippen LogP contribution in [-0.4, -0.2) is 13.7 Å². The number of methoxy groups -OCH3 is 1. The van der Waals surface area contributed by atoms with Crippen molar-refractivity contribution in [2.45, 2.75) is 38.7 Å². The number of benzene rings is 1. The summed E-state index contributed by atoms with van der Waals surface area (Å²) in [6, 6.07) is 3.35. The summed E-state index contributed by atoms with van der Waals surface area (Å²) in [5.74, 6) is -2.55. The van der Waals surface area contributed by atoms with Crippen LogP contribution in [0.25, 0.3) is 0 Å². The normalized spacial score (nSPS) is 20.2. The van der Waals surface area contributed by atoms with Gasteiger partial charge in [-0.25, -0.2) is 8.78 Å². The Hall–Kier alpha value is -1.16. The van der Waals surface area contributed by atoms with Crippen molar-refractivity contribution in [2.24, 2.45) is 0 Å². The number of rotatable bonds is 3. The van der Waals surface area contributed by atoms with Gasteiger partial charge >= 0.3 is 0 Å². The van der Waals surface area contributed by atoms with Crippen molar-refractivity contribution >= 4 is 0 Å². The van der Waals surface area contributed by atoms with Crippen LogP contribution in [0.1, 0.15) is 42.5 Å². The summed E-state index contributed by atoms with van der Waals surface area (Å²) in [5.41, 5.74) is 1.85. The molecule has 0 spiro atoms. The molecule has 0 saturated carbocycles. The van der Waals surface area contributed by atoms with Crippen LogP contribution < -0.4 is 10.1 Å². The molecule has 1 saturated heterocycles. The van der Waals surface area contributed by atoms with E-state index in [1.54, 1.807) is 6.07 Å². The fraction of sp³-hybridized carbons (Fsp3) is 0.571. The molecule has 1 aromatic rings. The van der Waals surface area contributed by atoms with Gasteiger partial charge in [0.1, 0.15) is 5.75 Å². The second-order valence-electron chi connectivity index (χ2n) is 4.91. The van der Waals surface area contributed by atoms with Crippen molar-refractivity contribution in [3.05, 3.63) is 28.8 Å². The summed E-state index contributed by atoms with van der Waals surface area (Å²) in [5, 5.41) is 3.34. The molecule has 1 atom stereocenters. The van der Waals surface area contributed by atoms with Crippen molar-refractivity contribution in [1.82, 2.24) is 5.32 Å². The minimum atomic E-state index is -2.88. The molecule has 2 nitrogen and oxygen atoms in total. The Morgan fingerprint density at radius 3 is 2.61 bits per heavy atom. The van der Waals surface area contributed by atoms with Gasteiger partial charge in [0.05, 0.1) is 12.7 Å². The maximum atomic E-state index is 13.6. The van der Waals surface area contributed by atoms with Crippen molar-refractivity contribution in [2.75, 3.05) is 13.7 Å². The third kappa shape index (κ3) is 2.34. The molecule has 1 aliphatic rings. The lowest BCUT2D eigenvalue weighted by Crippen LogP contribution is -2.18. The largest absolute Gasteiger partial charge is 0.496 e. The first-order valence-electron chi connectivity index (χ1n) is 6.24. The highest BCUT2D eigenvalue weighted by atomic mass is 19.3. The average molecular weight is 255 g/mol. The van der Waals surface area contributed by atoms with Crippen molar-refractivity contribution in [3.63, 3.8) is 0 Å². The fourth-order valence-electron chi connectivity index (χ4n) is 2.63. The number of nitrogens with one attached hydrogen (secondary N) is 1. The molecule has 0 amide bonds. The minimum Gasteiger partial charge on any atom is -0.496 e. The van der Waals surface area contributed by atoms with Gasteiger partial charge in [-0.05, 0) is 37.9 Å². The van der Waals surface area contributed by atoms with Gasteiger partial charge < -0.3 is 10.1 Å². The summed E-state index contributed by atoms with van der Waals surface area (Å²) >= 11 is 0. The van der Waals surface area contributed by atoms with Gasteiger partial charge in [-0.15, -0.1) is 0 Å². The molecule has 0 aromatic heterocycles. The number of aryl methyl sites for hydroxylation is 1. The summed E-state index contributed by atoms with van der Waals surface area (Å²) in [4.78, 5) is 0. The third-order valence-electron chi connectivity index (χ3n) is 3.50. The van der Waals surface area contributed by atoms with E-state index < -0.39 is 5.92 Å². The number of hydrogen-bond acceptors (Lipinski definition) is 2. The van der Waals surface area contributed by atoms with Gasteiger partial charge in [-0.3, -0.25) is 0 Å². The lowest BCUT2D eigenvalue weighted by molar-refractivity contribution is 0.0149. The predicted molar refractivity (Wildman–Crippen MR) is 67.3 cm³/mol. The Morgan fingerprint density at radius 2 is 2.11 bits per heavy atom. The SMILES string of the molecule is COc1c(C(C)(F)F)ccc(C)c1C1CCCN1. The Labute approximate surface area is 106 Å². The molecule has 1 N–H and O–H groups in total. The molecule has 1 heterocycles. The Balaban J connectivity index is 2.55. The smallest absolute Gasteiger partial charge is 0.274 e. The second-order valence-corrected chi connectivity index (χ2v) is 4.91. The van der Waals surface area contributed by atoms with E-state index >= 15 is 0 Å². The average Bonchev–Trinajstić information content (AvgIpc) is 2.79. The quantitative estimate of drug-likeness (QED) is 0.892. The molecule has 1 aromatic carbocycles. The Morgan fingerprint density at radius 1 is 1.39 bits per heavy atom. The van der Waals surface area contributed by atoms with Gasteiger partial charge in [0, 0.05) is 18.5 Å². The first kappa shape index (κ1) is 13.3. The first-order valence-corrected chi connectivity index (χ1v) is 6.24. The van der Waals surface area contributed by atoms with E-state index in [1.165, 1.54) is 13.2 Å². The molecule has 4 heteroatoms. The number of alkyl halides is 2. The van der Waals surface area contributed by atoms with Crippen molar-refractivity contribution < 1.29 is 13.5 Å². The van der Waals surface area contributed by atoms with Crippen LogP contribution in [0.3, 0.4) is 0 Å². The summed E-state index contributed by atoms with van der Waals surface area (Å²) in [6.07, 6.45) is 2.04. The lowest BCUT2D eigenvalue weighted by atomic mass is 9.94. The van der Waals surface area contributed by atoms with E-state index in [1.807, 2.05) is 6.92 Å². The lowest BCUT2D eigenvalue weighted by Gasteiger charge is -2.23. The number of ether oxygens (including phenoxy) is 1. The zero-order valence-corrected chi connectivity index (χ0v) is 11.0. The zero-order valence-electron chi connectivity index (χ0n) is 11.0. The molecule has 18 heavy (non-hydrogen) atoms. The van der Waals surface area contributed by atoms with Crippen LogP contribution in [0, 0.1) is 6.92 Å². The molecule has 0 bridgehead atoms. The molecule has 1 fully saturated rings. The number of halogens is 2. The number of hydrogen-bond donors (Lipinski definition) is 1. The third-order valence-corrected chi connectivity index (χ3v) is 3.50. The standard InChI is InChI=1S/C14H19F2NO/c1-9-6-7-10(14(2,15)16)13(18-3)12(9)11-5-4-8-17-11/h6-7,11,17H,4-5,8H2,1-3H3. The van der Waals surface area contributed by atoms with Gasteiger partial charge in [-0.2, -0.15) is 0 Å². The highest BCUT2D eigenvalue weighted by molar-refractivity contribution is 5.49. The zero-order chi connectivity index (χ0) is 13.3. The summed E-state index contributed by atoms with van der Waals surface area (Å²) in [6.45, 7) is 3.78. The maximum absolute atomic E-state index is 13.6. The monoisotopic (exact) mass is 255 g/mol. The molecular weight excluding hydrogens is 236 g/mol. The highest BCUT2D eigenvalue weighted by Gasteiger charge is 2.32. The predicted octanol–water partition coefficient (Wildman–Crippen LogP) is 3.54. The molecule has 1 aliphatic heterocycles. The Bertz CT molecular complexity index is 434. The van der Waals surface area contributed by atoms with E-state index in [4.69, 9.17) is 4.74 Å².